The third-order valence-corrected chi connectivity index (χ3v) is 2.45. The molecule has 0 aromatic carbocycles. The molecular formula is C10H18Y2-2. The summed E-state index contributed by atoms with van der Waals surface area (Å²) in [7, 11) is 0. The Balaban J connectivity index is 0. The Morgan fingerprint density at radius 3 is 0.833 bits per heavy atom. The average Bonchev–Trinajstić information content (AvgIpc) is 1.80. The summed E-state index contributed by atoms with van der Waals surface area (Å²) < 4.78 is 0. The van der Waals surface area contributed by atoms with Gasteiger partial charge in [0.2, 0.25) is 0 Å². The van der Waals surface area contributed by atoms with Crippen LogP contribution in [0.5, 0.6) is 0 Å². The van der Waals surface area contributed by atoms with Crippen LogP contribution >= 0.6 is 0 Å². The van der Waals surface area contributed by atoms with Crippen LogP contribution in [0, 0.1) is 25.7 Å². The Morgan fingerprint density at radius 1 is 0.667 bits per heavy atom. The maximum atomic E-state index is 3.84. The summed E-state index contributed by atoms with van der Waals surface area (Å²) in [4.78, 5) is 0. The van der Waals surface area contributed by atoms with Crippen LogP contribution < -0.4 is 0 Å². The molecule has 2 rings (SSSR count). The first-order valence-corrected chi connectivity index (χ1v) is 4.45. The molecule has 2 aliphatic carbocycles. The van der Waals surface area contributed by atoms with E-state index >= 15 is 0 Å². The fourth-order valence-corrected chi connectivity index (χ4v) is 0.986. The zero-order chi connectivity index (χ0) is 7.40. The smallest absolute Gasteiger partial charge is 0 e. The van der Waals surface area contributed by atoms with Crippen LogP contribution in [0.4, 0.5) is 0 Å². The fourth-order valence-electron chi connectivity index (χ4n) is 0.986. The van der Waals surface area contributed by atoms with Gasteiger partial charge in [-0.05, 0) is 0 Å². The van der Waals surface area contributed by atoms with Crippen LogP contribution in [0.2, 0.25) is 0 Å². The molecule has 0 atom stereocenters. The van der Waals surface area contributed by atoms with Gasteiger partial charge >= 0.3 is 0 Å². The van der Waals surface area contributed by atoms with Crippen molar-refractivity contribution in [3.63, 3.8) is 0 Å². The van der Waals surface area contributed by atoms with Gasteiger partial charge in [0, 0.05) is 65.4 Å². The van der Waals surface area contributed by atoms with Crippen LogP contribution in [-0.4, -0.2) is 0 Å². The summed E-state index contributed by atoms with van der Waals surface area (Å²) in [6, 6.07) is 0. The molecule has 0 aromatic rings. The Kier molecular flexibility index (Phi) is 13.5. The van der Waals surface area contributed by atoms with Crippen molar-refractivity contribution in [3.8, 4) is 0 Å². The maximum Gasteiger partial charge on any atom is 0 e. The predicted octanol–water partition coefficient (Wildman–Crippen LogP) is 3.24. The van der Waals surface area contributed by atoms with E-state index in [4.69, 9.17) is 0 Å². The van der Waals surface area contributed by atoms with E-state index in [2.05, 4.69) is 13.8 Å². The third kappa shape index (κ3) is 7.60. The summed E-state index contributed by atoms with van der Waals surface area (Å²) >= 11 is 0. The summed E-state index contributed by atoms with van der Waals surface area (Å²) in [6.45, 7) is 7.69. The normalized spacial score (nSPS) is 21.5. The van der Waals surface area contributed by atoms with Gasteiger partial charge in [-0.15, -0.1) is 0 Å². The first-order chi connectivity index (χ1) is 4.79. The zero-order valence-corrected chi connectivity index (χ0v) is 13.6. The second kappa shape index (κ2) is 9.75. The summed E-state index contributed by atoms with van der Waals surface area (Å²) in [5, 5.41) is 0. The third-order valence-electron chi connectivity index (χ3n) is 2.45. The van der Waals surface area contributed by atoms with Crippen molar-refractivity contribution in [1.82, 2.24) is 0 Å². The van der Waals surface area contributed by atoms with Gasteiger partial charge in [-0.1, -0.05) is 38.5 Å². The molecule has 0 aromatic heterocycles. The Labute approximate surface area is 128 Å². The van der Waals surface area contributed by atoms with Crippen molar-refractivity contribution in [2.45, 2.75) is 38.5 Å². The first kappa shape index (κ1) is 16.6. The van der Waals surface area contributed by atoms with Gasteiger partial charge in [-0.2, -0.15) is 11.8 Å². The second-order valence-electron chi connectivity index (χ2n) is 3.59. The fraction of sp³-hybridized carbons (Fsp3) is 0.800. The first-order valence-electron chi connectivity index (χ1n) is 4.45. The molecule has 66 valence electrons. The molecule has 2 aliphatic rings. The Morgan fingerprint density at radius 2 is 0.833 bits per heavy atom. The molecule has 0 spiro atoms. The van der Waals surface area contributed by atoms with Crippen molar-refractivity contribution >= 4 is 0 Å². The minimum Gasteiger partial charge on any atom is -0.340 e. The molecule has 0 saturated heterocycles. The molecule has 2 heteroatoms. The van der Waals surface area contributed by atoms with E-state index in [9.17, 15) is 0 Å². The standard InChI is InChI=1S/2C5H9.2Y/c2*1-5-3-2-4-5;;/h2*5H,1-4H2;;/q2*-1;;. The molecule has 2 saturated carbocycles. The van der Waals surface area contributed by atoms with Gasteiger partial charge in [0.25, 0.3) is 0 Å². The van der Waals surface area contributed by atoms with Crippen molar-refractivity contribution in [3.05, 3.63) is 13.8 Å². The zero-order valence-electron chi connectivity index (χ0n) is 7.97. The number of hydrogen-bond acceptors (Lipinski definition) is 0. The van der Waals surface area contributed by atoms with E-state index in [0.717, 1.165) is 11.8 Å². The van der Waals surface area contributed by atoms with E-state index in [1.165, 1.54) is 38.5 Å². The second-order valence-corrected chi connectivity index (χ2v) is 3.59. The van der Waals surface area contributed by atoms with Crippen molar-refractivity contribution < 1.29 is 65.4 Å². The quantitative estimate of drug-likeness (QED) is 0.602. The minimum atomic E-state index is 0. The molecule has 2 radical (unpaired) electrons. The van der Waals surface area contributed by atoms with E-state index in [1.807, 2.05) is 0 Å². The molecule has 0 aliphatic heterocycles. The van der Waals surface area contributed by atoms with Gasteiger partial charge in [-0.3, -0.25) is 0 Å². The number of rotatable bonds is 0. The molecule has 2 fully saturated rings. The maximum absolute atomic E-state index is 3.84. The molecule has 0 N–H and O–H groups in total. The molecule has 0 bridgehead atoms. The van der Waals surface area contributed by atoms with Gasteiger partial charge in [0.1, 0.15) is 0 Å². The minimum absolute atomic E-state index is 0. The molecular weight excluding hydrogens is 298 g/mol. The summed E-state index contributed by atoms with van der Waals surface area (Å²) in [6.07, 6.45) is 8.35. The molecule has 12 heavy (non-hydrogen) atoms. The van der Waals surface area contributed by atoms with E-state index in [0.29, 0.717) is 0 Å². The Hall–Kier alpha value is 2.21. The average molecular weight is 316 g/mol. The topological polar surface area (TPSA) is 0 Å². The molecule has 0 heterocycles. The van der Waals surface area contributed by atoms with E-state index < -0.39 is 0 Å². The van der Waals surface area contributed by atoms with Crippen LogP contribution in [0.1, 0.15) is 38.5 Å². The van der Waals surface area contributed by atoms with Crippen LogP contribution in [0.3, 0.4) is 0 Å². The molecule has 0 unspecified atom stereocenters. The SMILES string of the molecule is [CH2-]C1CCC1.[CH2-]C1CCC1.[Y].[Y]. The van der Waals surface area contributed by atoms with Gasteiger partial charge in [-0.25, -0.2) is 0 Å². The predicted molar refractivity (Wildman–Crippen MR) is 45.4 cm³/mol. The van der Waals surface area contributed by atoms with Crippen molar-refractivity contribution in [2.75, 3.05) is 0 Å². The molecule has 0 amide bonds. The number of hydrogen-bond donors (Lipinski definition) is 0. The van der Waals surface area contributed by atoms with Crippen LogP contribution in [-0.2, 0) is 65.4 Å². The van der Waals surface area contributed by atoms with Crippen LogP contribution in [0.15, 0.2) is 0 Å². The van der Waals surface area contributed by atoms with Gasteiger partial charge < -0.3 is 13.8 Å². The monoisotopic (exact) mass is 316 g/mol. The summed E-state index contributed by atoms with van der Waals surface area (Å²) in [5.74, 6) is 1.63. The largest absolute Gasteiger partial charge is 0.340 e. The van der Waals surface area contributed by atoms with Crippen molar-refractivity contribution in [2.24, 2.45) is 11.8 Å². The van der Waals surface area contributed by atoms with E-state index in [1.54, 1.807) is 0 Å². The summed E-state index contributed by atoms with van der Waals surface area (Å²) in [5.41, 5.74) is 0. The van der Waals surface area contributed by atoms with Crippen molar-refractivity contribution in [1.29, 1.82) is 0 Å². The van der Waals surface area contributed by atoms with Crippen LogP contribution in [0.25, 0.3) is 0 Å². The van der Waals surface area contributed by atoms with E-state index in [-0.39, 0.29) is 65.4 Å². The van der Waals surface area contributed by atoms with Gasteiger partial charge in [0.05, 0.1) is 0 Å². The Bertz CT molecular complexity index is 73.8. The molecule has 0 nitrogen and oxygen atoms in total. The van der Waals surface area contributed by atoms with Gasteiger partial charge in [0.15, 0.2) is 0 Å².